The van der Waals surface area contributed by atoms with E-state index in [0.717, 1.165) is 17.7 Å². The highest BCUT2D eigenvalue weighted by atomic mass is 19.4. The van der Waals surface area contributed by atoms with E-state index in [1.165, 1.54) is 13.0 Å². The Hall–Kier alpha value is -2.96. The lowest BCUT2D eigenvalue weighted by Crippen LogP contribution is -2.28. The van der Waals surface area contributed by atoms with E-state index < -0.39 is 35.9 Å². The summed E-state index contributed by atoms with van der Waals surface area (Å²) < 4.78 is 89.3. The van der Waals surface area contributed by atoms with Crippen LogP contribution in [0, 0.1) is 6.92 Å². The Morgan fingerprint density at radius 2 is 1.90 bits per heavy atom. The smallest absolute Gasteiger partial charge is 0.425 e. The third-order valence-electron chi connectivity index (χ3n) is 3.91. The molecule has 2 heterocycles. The van der Waals surface area contributed by atoms with Gasteiger partial charge in [-0.1, -0.05) is 0 Å². The van der Waals surface area contributed by atoms with E-state index in [4.69, 9.17) is 0 Å². The molecule has 0 aliphatic carbocycles. The highest BCUT2D eigenvalue weighted by molar-refractivity contribution is 5.66. The Kier molecular flexibility index (Phi) is 6.54. The summed E-state index contributed by atoms with van der Waals surface area (Å²) in [5, 5.41) is 10.9. The standard InChI is InChI=1S/C17H17F6N5O2/c1-8(6-11(18)14(24-4)30-10(3)16(19,20)21)13-9(2)7-12-25-26-15(28(12)27-13)17(22,23)29-5/h6-7,10H,4H2,1-3,5H3/b8-6+,14-11-/t10-/m0/s1. The number of rotatable bonds is 7. The van der Waals surface area contributed by atoms with Gasteiger partial charge in [0.1, 0.15) is 0 Å². The molecule has 0 N–H and O–H groups in total. The maximum Gasteiger partial charge on any atom is 0.425 e. The summed E-state index contributed by atoms with van der Waals surface area (Å²) in [4.78, 5) is 3.14. The van der Waals surface area contributed by atoms with Crippen LogP contribution in [0.5, 0.6) is 0 Å². The molecule has 30 heavy (non-hydrogen) atoms. The van der Waals surface area contributed by atoms with E-state index in [2.05, 4.69) is 36.5 Å². The second kappa shape index (κ2) is 8.42. The van der Waals surface area contributed by atoms with Crippen LogP contribution in [0.3, 0.4) is 0 Å². The first kappa shape index (κ1) is 23.3. The minimum absolute atomic E-state index is 0.0115. The molecule has 0 radical (unpaired) electrons. The average Bonchev–Trinajstić information content (AvgIpc) is 3.07. The molecule has 2 aromatic rings. The minimum Gasteiger partial charge on any atom is -0.463 e. The fourth-order valence-corrected chi connectivity index (χ4v) is 2.31. The molecule has 13 heteroatoms. The Morgan fingerprint density at radius 1 is 1.27 bits per heavy atom. The fourth-order valence-electron chi connectivity index (χ4n) is 2.31. The number of hydrogen-bond donors (Lipinski definition) is 0. The molecule has 7 nitrogen and oxygen atoms in total. The van der Waals surface area contributed by atoms with Gasteiger partial charge in [-0.2, -0.15) is 31.6 Å². The van der Waals surface area contributed by atoms with Gasteiger partial charge in [0.2, 0.25) is 5.88 Å². The quantitative estimate of drug-likeness (QED) is 0.279. The highest BCUT2D eigenvalue weighted by Crippen LogP contribution is 2.29. The minimum atomic E-state index is -4.74. The van der Waals surface area contributed by atoms with Crippen LogP contribution in [0.25, 0.3) is 11.2 Å². The van der Waals surface area contributed by atoms with Crippen LogP contribution < -0.4 is 0 Å². The Morgan fingerprint density at radius 3 is 2.43 bits per heavy atom. The number of aliphatic imine (C=N–C) groups is 1. The van der Waals surface area contributed by atoms with E-state index in [9.17, 15) is 26.3 Å². The van der Waals surface area contributed by atoms with Crippen molar-refractivity contribution < 1.29 is 35.8 Å². The van der Waals surface area contributed by atoms with Gasteiger partial charge >= 0.3 is 12.3 Å². The molecule has 0 bridgehead atoms. The molecule has 164 valence electrons. The summed E-state index contributed by atoms with van der Waals surface area (Å²) in [6.07, 6.45) is -10.1. The van der Waals surface area contributed by atoms with Crippen molar-refractivity contribution in [3.8, 4) is 0 Å². The first-order valence-electron chi connectivity index (χ1n) is 8.26. The van der Waals surface area contributed by atoms with Crippen molar-refractivity contribution in [2.24, 2.45) is 4.99 Å². The summed E-state index contributed by atoms with van der Waals surface area (Å²) >= 11 is 0. The molecule has 0 unspecified atom stereocenters. The molecule has 0 fully saturated rings. The molecule has 2 aromatic heterocycles. The van der Waals surface area contributed by atoms with Crippen LogP contribution in [-0.2, 0) is 15.6 Å². The SMILES string of the molecule is C=N/C(O[C@@H](C)C(F)(F)F)=C(F)\C=C(/C)c1nn2c(C(F)(F)OC)nnc2cc1C. The van der Waals surface area contributed by atoms with Crippen molar-refractivity contribution >= 4 is 17.9 Å². The number of hydrogen-bond acceptors (Lipinski definition) is 6. The first-order valence-corrected chi connectivity index (χ1v) is 8.26. The molecule has 0 saturated heterocycles. The van der Waals surface area contributed by atoms with Gasteiger partial charge in [0.15, 0.2) is 17.6 Å². The number of nitrogens with zero attached hydrogens (tertiary/aromatic N) is 5. The van der Waals surface area contributed by atoms with Crippen molar-refractivity contribution in [1.29, 1.82) is 0 Å². The Bertz CT molecular complexity index is 1010. The molecule has 0 spiro atoms. The summed E-state index contributed by atoms with van der Waals surface area (Å²) in [6.45, 7) is 6.60. The van der Waals surface area contributed by atoms with Gasteiger partial charge in [-0.25, -0.2) is 9.38 Å². The lowest BCUT2D eigenvalue weighted by Gasteiger charge is -2.17. The molecular weight excluding hydrogens is 420 g/mol. The van der Waals surface area contributed by atoms with Crippen LogP contribution in [-0.4, -0.2) is 45.9 Å². The number of halogens is 6. The fraction of sp³-hybridized carbons (Fsp3) is 0.412. The van der Waals surface area contributed by atoms with E-state index in [1.54, 1.807) is 6.92 Å². The predicted octanol–water partition coefficient (Wildman–Crippen LogP) is 4.34. The van der Waals surface area contributed by atoms with Gasteiger partial charge in [-0.15, -0.1) is 10.2 Å². The van der Waals surface area contributed by atoms with Gasteiger partial charge in [0.05, 0.1) is 5.69 Å². The zero-order valence-corrected chi connectivity index (χ0v) is 16.3. The maximum atomic E-state index is 14.4. The summed E-state index contributed by atoms with van der Waals surface area (Å²) in [5.41, 5.74) is 0.540. The predicted molar refractivity (Wildman–Crippen MR) is 94.4 cm³/mol. The number of fused-ring (bicyclic) bond motifs is 1. The lowest BCUT2D eigenvalue weighted by molar-refractivity contribution is -0.238. The Labute approximate surface area is 166 Å². The lowest BCUT2D eigenvalue weighted by atomic mass is 10.1. The molecule has 0 saturated carbocycles. The van der Waals surface area contributed by atoms with Gasteiger partial charge in [-0.3, -0.25) is 0 Å². The second-order valence-corrected chi connectivity index (χ2v) is 6.13. The van der Waals surface area contributed by atoms with E-state index in [-0.39, 0.29) is 16.9 Å². The number of allylic oxidation sites excluding steroid dienone is 3. The first-order chi connectivity index (χ1) is 13.8. The average molecular weight is 437 g/mol. The van der Waals surface area contributed by atoms with E-state index in [1.807, 2.05) is 0 Å². The number of alkyl halides is 5. The monoisotopic (exact) mass is 437 g/mol. The van der Waals surface area contributed by atoms with Crippen molar-refractivity contribution in [3.05, 3.63) is 40.9 Å². The second-order valence-electron chi connectivity index (χ2n) is 6.13. The van der Waals surface area contributed by atoms with E-state index >= 15 is 0 Å². The summed E-state index contributed by atoms with van der Waals surface area (Å²) in [7, 11) is 0.771. The number of aryl methyl sites for hydroxylation is 1. The largest absolute Gasteiger partial charge is 0.463 e. The van der Waals surface area contributed by atoms with E-state index in [0.29, 0.717) is 12.5 Å². The third kappa shape index (κ3) is 4.78. The molecule has 0 amide bonds. The van der Waals surface area contributed by atoms with Crippen LogP contribution in [0.15, 0.2) is 28.8 Å². The summed E-state index contributed by atoms with van der Waals surface area (Å²) in [6, 6.07) is 1.37. The van der Waals surface area contributed by atoms with Crippen LogP contribution in [0.1, 0.15) is 30.9 Å². The number of ether oxygens (including phenoxy) is 2. The third-order valence-corrected chi connectivity index (χ3v) is 3.91. The highest BCUT2D eigenvalue weighted by Gasteiger charge is 2.39. The topological polar surface area (TPSA) is 73.9 Å². The molecule has 1 atom stereocenters. The van der Waals surface area contributed by atoms with Crippen LogP contribution in [0.2, 0.25) is 0 Å². The van der Waals surface area contributed by atoms with Crippen LogP contribution in [0.4, 0.5) is 26.3 Å². The molecule has 0 aliphatic rings. The van der Waals surface area contributed by atoms with Gasteiger partial charge in [0, 0.05) is 7.11 Å². The zero-order chi connectivity index (χ0) is 22.9. The van der Waals surface area contributed by atoms with Gasteiger partial charge < -0.3 is 9.47 Å². The van der Waals surface area contributed by atoms with Crippen molar-refractivity contribution in [2.75, 3.05) is 7.11 Å². The number of aromatic nitrogens is 4. The molecular formula is C17H17F6N5O2. The Balaban J connectivity index is 2.51. The summed E-state index contributed by atoms with van der Waals surface area (Å²) in [5.74, 6) is -3.14. The van der Waals surface area contributed by atoms with Crippen molar-refractivity contribution in [1.82, 2.24) is 19.8 Å². The van der Waals surface area contributed by atoms with Gasteiger partial charge in [0.25, 0.3) is 5.82 Å². The number of methoxy groups -OCH3 is 1. The normalized spacial score (nSPS) is 15.2. The van der Waals surface area contributed by atoms with Crippen molar-refractivity contribution in [2.45, 2.75) is 39.2 Å². The molecule has 0 aliphatic heterocycles. The molecule has 2 rings (SSSR count). The zero-order valence-electron chi connectivity index (χ0n) is 16.3. The molecule has 0 aromatic carbocycles. The van der Waals surface area contributed by atoms with Crippen LogP contribution >= 0.6 is 0 Å². The van der Waals surface area contributed by atoms with Crippen molar-refractivity contribution in [3.63, 3.8) is 0 Å². The maximum absolute atomic E-state index is 14.4. The van der Waals surface area contributed by atoms with Gasteiger partial charge in [-0.05, 0) is 50.8 Å².